The lowest BCUT2D eigenvalue weighted by Crippen LogP contribution is -2.27. The van der Waals surface area contributed by atoms with Crippen LogP contribution in [0.15, 0.2) is 64.6 Å². The first-order valence-electron chi connectivity index (χ1n) is 8.18. The van der Waals surface area contributed by atoms with Gasteiger partial charge in [-0.2, -0.15) is 0 Å². The average molecular weight is 383 g/mol. The van der Waals surface area contributed by atoms with Crippen molar-refractivity contribution in [2.75, 3.05) is 17.2 Å². The molecule has 0 spiro atoms. The predicted octanol–water partition coefficient (Wildman–Crippen LogP) is 3.35. The van der Waals surface area contributed by atoms with Crippen molar-refractivity contribution < 1.29 is 18.8 Å². The van der Waals surface area contributed by atoms with E-state index in [1.165, 1.54) is 17.6 Å². The molecule has 8 heteroatoms. The van der Waals surface area contributed by atoms with Crippen molar-refractivity contribution in [2.24, 2.45) is 0 Å². The molecule has 1 aromatic carbocycles. The van der Waals surface area contributed by atoms with Gasteiger partial charge in [-0.1, -0.05) is 6.07 Å². The summed E-state index contributed by atoms with van der Waals surface area (Å²) in [4.78, 5) is 36.2. The highest BCUT2D eigenvalue weighted by Gasteiger charge is 2.10. The molecule has 3 N–H and O–H groups in total. The molecule has 3 rings (SSSR count). The molecular weight excluding hydrogens is 366 g/mol. The molecule has 0 saturated heterocycles. The second-order valence-corrected chi connectivity index (χ2v) is 6.49. The number of furan rings is 1. The number of amides is 3. The van der Waals surface area contributed by atoms with Gasteiger partial charge in [0.15, 0.2) is 5.76 Å². The maximum absolute atomic E-state index is 12.0. The lowest BCUT2D eigenvalue weighted by atomic mass is 10.2. The summed E-state index contributed by atoms with van der Waals surface area (Å²) in [5.41, 5.74) is 1.24. The molecule has 0 atom stereocenters. The summed E-state index contributed by atoms with van der Waals surface area (Å²) in [6.07, 6.45) is 1.54. The summed E-state index contributed by atoms with van der Waals surface area (Å²) < 4.78 is 4.97. The number of carbonyl (C=O) groups is 3. The minimum absolute atomic E-state index is 0.128. The van der Waals surface area contributed by atoms with Crippen LogP contribution < -0.4 is 16.0 Å². The molecule has 2 heterocycles. The van der Waals surface area contributed by atoms with E-state index in [1.54, 1.807) is 42.5 Å². The molecule has 0 aliphatic carbocycles. The molecule has 27 heavy (non-hydrogen) atoms. The number of carbonyl (C=O) groups excluding carboxylic acids is 3. The highest BCUT2D eigenvalue weighted by molar-refractivity contribution is 7.12. The molecule has 0 bridgehead atoms. The molecule has 2 aromatic heterocycles. The Morgan fingerprint density at radius 2 is 1.63 bits per heavy atom. The molecule has 0 unspecified atom stereocenters. The summed E-state index contributed by atoms with van der Waals surface area (Å²) in [6, 6.07) is 13.5. The zero-order valence-electron chi connectivity index (χ0n) is 14.2. The average Bonchev–Trinajstić information content (AvgIpc) is 3.37. The van der Waals surface area contributed by atoms with Gasteiger partial charge in [0.25, 0.3) is 11.8 Å². The molecule has 0 fully saturated rings. The number of hydrogen-bond acceptors (Lipinski definition) is 5. The summed E-state index contributed by atoms with van der Waals surface area (Å²) >= 11 is 1.37. The normalized spacial score (nSPS) is 10.2. The summed E-state index contributed by atoms with van der Waals surface area (Å²) in [5.74, 6) is -0.562. The first kappa shape index (κ1) is 18.4. The molecule has 3 amide bonds. The molecule has 3 aromatic rings. The molecule has 138 valence electrons. The van der Waals surface area contributed by atoms with E-state index in [1.807, 2.05) is 11.4 Å². The van der Waals surface area contributed by atoms with Crippen LogP contribution in [0.4, 0.5) is 11.4 Å². The van der Waals surface area contributed by atoms with Crippen LogP contribution >= 0.6 is 11.3 Å². The van der Waals surface area contributed by atoms with Gasteiger partial charge in [0.1, 0.15) is 0 Å². The van der Waals surface area contributed by atoms with Gasteiger partial charge in [-0.15, -0.1) is 11.3 Å². The Labute approximate surface area is 159 Å². The number of anilines is 2. The van der Waals surface area contributed by atoms with Gasteiger partial charge >= 0.3 is 0 Å². The quantitative estimate of drug-likeness (QED) is 0.582. The third-order valence-electron chi connectivity index (χ3n) is 3.55. The number of thiophene rings is 1. The van der Waals surface area contributed by atoms with Crippen LogP contribution in [-0.4, -0.2) is 24.3 Å². The fourth-order valence-corrected chi connectivity index (χ4v) is 2.86. The first-order valence-corrected chi connectivity index (χ1v) is 9.06. The van der Waals surface area contributed by atoms with Gasteiger partial charge in [0, 0.05) is 24.3 Å². The third kappa shape index (κ3) is 5.29. The van der Waals surface area contributed by atoms with Gasteiger partial charge < -0.3 is 20.4 Å². The van der Waals surface area contributed by atoms with E-state index in [4.69, 9.17) is 4.42 Å². The van der Waals surface area contributed by atoms with Gasteiger partial charge in [-0.25, -0.2) is 0 Å². The molecule has 0 aliphatic heterocycles. The second-order valence-electron chi connectivity index (χ2n) is 5.54. The Morgan fingerprint density at radius 1 is 0.889 bits per heavy atom. The van der Waals surface area contributed by atoms with E-state index in [0.29, 0.717) is 16.3 Å². The van der Waals surface area contributed by atoms with E-state index < -0.39 is 0 Å². The Hall–Kier alpha value is -3.39. The fourth-order valence-electron chi connectivity index (χ4n) is 2.25. The number of benzene rings is 1. The Kier molecular flexibility index (Phi) is 6.01. The third-order valence-corrected chi connectivity index (χ3v) is 4.42. The largest absolute Gasteiger partial charge is 0.459 e. The van der Waals surface area contributed by atoms with Crippen LogP contribution in [0.25, 0.3) is 0 Å². The summed E-state index contributed by atoms with van der Waals surface area (Å²) in [7, 11) is 0. The minimum Gasteiger partial charge on any atom is -0.459 e. The van der Waals surface area contributed by atoms with Crippen molar-refractivity contribution >= 4 is 40.4 Å². The molecule has 7 nitrogen and oxygen atoms in total. The van der Waals surface area contributed by atoms with Crippen molar-refractivity contribution in [3.8, 4) is 0 Å². The van der Waals surface area contributed by atoms with Crippen LogP contribution in [0, 0.1) is 0 Å². The van der Waals surface area contributed by atoms with E-state index in [0.717, 1.165) is 0 Å². The summed E-state index contributed by atoms with van der Waals surface area (Å²) in [5, 5.41) is 9.97. The van der Waals surface area contributed by atoms with Crippen molar-refractivity contribution in [1.82, 2.24) is 5.32 Å². The maximum atomic E-state index is 12.0. The van der Waals surface area contributed by atoms with Crippen molar-refractivity contribution in [3.05, 3.63) is 70.8 Å². The van der Waals surface area contributed by atoms with Crippen LogP contribution in [0.3, 0.4) is 0 Å². The number of hydrogen-bond donors (Lipinski definition) is 3. The Morgan fingerprint density at radius 3 is 2.26 bits per heavy atom. The topological polar surface area (TPSA) is 100 Å². The minimum atomic E-state index is -0.362. The van der Waals surface area contributed by atoms with Crippen LogP contribution in [-0.2, 0) is 4.79 Å². The summed E-state index contributed by atoms with van der Waals surface area (Å²) in [6.45, 7) is 0.195. The van der Waals surface area contributed by atoms with Crippen molar-refractivity contribution in [1.29, 1.82) is 0 Å². The highest BCUT2D eigenvalue weighted by atomic mass is 32.1. The van der Waals surface area contributed by atoms with Crippen LogP contribution in [0.1, 0.15) is 26.6 Å². The van der Waals surface area contributed by atoms with Gasteiger partial charge in [0.2, 0.25) is 5.91 Å². The first-order chi connectivity index (χ1) is 13.1. The van der Waals surface area contributed by atoms with Gasteiger partial charge in [-0.3, -0.25) is 14.4 Å². The Bertz CT molecular complexity index is 903. The monoisotopic (exact) mass is 383 g/mol. The molecule has 0 saturated carbocycles. The zero-order chi connectivity index (χ0) is 19.1. The van der Waals surface area contributed by atoms with E-state index in [9.17, 15) is 14.4 Å². The van der Waals surface area contributed by atoms with E-state index >= 15 is 0 Å². The standard InChI is InChI=1S/C19H17N3O4S/c23-17(9-10-20-18(24)15-3-1-11-26-15)21-13-5-7-14(8-6-13)22-19(25)16-4-2-12-27-16/h1-8,11-12H,9-10H2,(H,20,24)(H,21,23)(H,22,25). The van der Waals surface area contributed by atoms with Gasteiger partial charge in [-0.05, 0) is 47.8 Å². The van der Waals surface area contributed by atoms with Crippen molar-refractivity contribution in [2.45, 2.75) is 6.42 Å². The lowest BCUT2D eigenvalue weighted by molar-refractivity contribution is -0.116. The lowest BCUT2D eigenvalue weighted by Gasteiger charge is -2.08. The fraction of sp³-hybridized carbons (Fsp3) is 0.105. The SMILES string of the molecule is O=C(CCNC(=O)c1ccco1)Nc1ccc(NC(=O)c2cccs2)cc1. The second kappa shape index (κ2) is 8.81. The van der Waals surface area contributed by atoms with Crippen LogP contribution in [0.5, 0.6) is 0 Å². The van der Waals surface area contributed by atoms with Crippen molar-refractivity contribution in [3.63, 3.8) is 0 Å². The maximum Gasteiger partial charge on any atom is 0.286 e. The Balaban J connectivity index is 1.43. The van der Waals surface area contributed by atoms with E-state index in [2.05, 4.69) is 16.0 Å². The highest BCUT2D eigenvalue weighted by Crippen LogP contribution is 2.16. The number of nitrogens with one attached hydrogen (secondary N) is 3. The molecule has 0 radical (unpaired) electrons. The smallest absolute Gasteiger partial charge is 0.286 e. The predicted molar refractivity (Wildman–Crippen MR) is 103 cm³/mol. The molecular formula is C19H17N3O4S. The molecule has 0 aliphatic rings. The van der Waals surface area contributed by atoms with Crippen LogP contribution in [0.2, 0.25) is 0 Å². The van der Waals surface area contributed by atoms with Gasteiger partial charge in [0.05, 0.1) is 11.1 Å². The number of rotatable bonds is 7. The van der Waals surface area contributed by atoms with E-state index in [-0.39, 0.29) is 36.4 Å². The zero-order valence-corrected chi connectivity index (χ0v) is 15.0.